The fourth-order valence-corrected chi connectivity index (χ4v) is 4.30. The van der Waals surface area contributed by atoms with Crippen molar-refractivity contribution >= 4 is 33.6 Å². The quantitative estimate of drug-likeness (QED) is 0.338. The first-order valence-electron chi connectivity index (χ1n) is 9.17. The molecule has 150 valence electrons. The lowest BCUT2D eigenvalue weighted by Gasteiger charge is -2.16. The van der Waals surface area contributed by atoms with Gasteiger partial charge in [0.05, 0.1) is 29.4 Å². The number of H-pyrrole nitrogens is 1. The van der Waals surface area contributed by atoms with E-state index < -0.39 is 42.8 Å². The number of phenolic OH excluding ortho intramolecular Hbond substituents is 1. The summed E-state index contributed by atoms with van der Waals surface area (Å²) in [5.74, 6) is -1.02. The number of aromatic nitrogens is 1. The van der Waals surface area contributed by atoms with Gasteiger partial charge in [-0.1, -0.05) is 0 Å². The zero-order valence-corrected chi connectivity index (χ0v) is 15.0. The number of ether oxygens (including phenoxy) is 1. The summed E-state index contributed by atoms with van der Waals surface area (Å²) in [4.78, 5) is 27.9. The Balaban J connectivity index is 1.72. The summed E-state index contributed by atoms with van der Waals surface area (Å²) in [5, 5.41) is 42.9. The standard InChI is InChI=1S/C20H18N2O7/c23-6-13-18(26)17(25)12(29-13)4-7-3-10-15(20(28)22-19(10)27)14-9-5-8(24)1-2-11(9)21-16(7)14/h1-3,5,12-13,17-18,21,23-26H,4,6H2,(H,22,27,28)/t12?,13-,17+,18-/m1/s1. The molecule has 3 aromatic rings. The lowest BCUT2D eigenvalue weighted by molar-refractivity contribution is -0.0215. The van der Waals surface area contributed by atoms with E-state index in [2.05, 4.69) is 10.3 Å². The smallest absolute Gasteiger partial charge is 0.259 e. The van der Waals surface area contributed by atoms with E-state index in [9.17, 15) is 30.0 Å². The van der Waals surface area contributed by atoms with Crippen LogP contribution in [0.3, 0.4) is 0 Å². The number of nitrogens with one attached hydrogen (secondary N) is 2. The Labute approximate surface area is 163 Å². The molecule has 1 saturated heterocycles. The highest BCUT2D eigenvalue weighted by molar-refractivity contribution is 6.30. The average molecular weight is 398 g/mol. The zero-order chi connectivity index (χ0) is 20.4. The maximum Gasteiger partial charge on any atom is 0.259 e. The highest BCUT2D eigenvalue weighted by Crippen LogP contribution is 2.37. The summed E-state index contributed by atoms with van der Waals surface area (Å²) in [6.45, 7) is -0.434. The predicted octanol–water partition coefficient (Wildman–Crippen LogP) is -0.0657. The molecule has 0 bridgehead atoms. The van der Waals surface area contributed by atoms with Crippen LogP contribution < -0.4 is 5.32 Å². The van der Waals surface area contributed by atoms with Crippen LogP contribution >= 0.6 is 0 Å². The molecule has 0 saturated carbocycles. The van der Waals surface area contributed by atoms with E-state index in [1.54, 1.807) is 12.1 Å². The predicted molar refractivity (Wildman–Crippen MR) is 101 cm³/mol. The van der Waals surface area contributed by atoms with Gasteiger partial charge in [0.25, 0.3) is 11.8 Å². The van der Waals surface area contributed by atoms with E-state index >= 15 is 0 Å². The van der Waals surface area contributed by atoms with Gasteiger partial charge in [-0.2, -0.15) is 0 Å². The molecule has 9 heteroatoms. The number of aromatic hydroxyl groups is 1. The normalized spacial score (nSPS) is 26.4. The van der Waals surface area contributed by atoms with Crippen LogP contribution in [0.5, 0.6) is 5.75 Å². The number of aliphatic hydroxyl groups excluding tert-OH is 3. The molecule has 29 heavy (non-hydrogen) atoms. The molecular weight excluding hydrogens is 380 g/mol. The van der Waals surface area contributed by atoms with E-state index in [-0.39, 0.29) is 23.3 Å². The molecule has 2 aliphatic heterocycles. The minimum absolute atomic E-state index is 0.0192. The third-order valence-electron chi connectivity index (χ3n) is 5.70. The molecule has 5 rings (SSSR count). The fraction of sp³-hybridized carbons (Fsp3) is 0.300. The van der Waals surface area contributed by atoms with Gasteiger partial charge in [-0.05, 0) is 29.8 Å². The number of hydrogen-bond acceptors (Lipinski definition) is 7. The number of fused-ring (bicyclic) bond motifs is 5. The Bertz CT molecular complexity index is 1180. The van der Waals surface area contributed by atoms with Gasteiger partial charge in [-0.15, -0.1) is 0 Å². The van der Waals surface area contributed by atoms with Crippen LogP contribution in [0.2, 0.25) is 0 Å². The molecule has 1 unspecified atom stereocenters. The highest BCUT2D eigenvalue weighted by Gasteiger charge is 2.43. The topological polar surface area (TPSA) is 152 Å². The number of carbonyl (C=O) groups excluding carboxylic acids is 2. The monoisotopic (exact) mass is 398 g/mol. The fourth-order valence-electron chi connectivity index (χ4n) is 4.30. The molecule has 1 fully saturated rings. The van der Waals surface area contributed by atoms with Crippen molar-refractivity contribution in [3.63, 3.8) is 0 Å². The number of phenols is 1. The van der Waals surface area contributed by atoms with Crippen LogP contribution in [0.4, 0.5) is 0 Å². The molecule has 4 atom stereocenters. The maximum atomic E-state index is 12.4. The first kappa shape index (κ1) is 18.1. The number of hydrogen-bond donors (Lipinski definition) is 6. The number of aliphatic hydroxyl groups is 3. The first-order chi connectivity index (χ1) is 13.9. The molecule has 9 nitrogen and oxygen atoms in total. The van der Waals surface area contributed by atoms with E-state index in [0.717, 1.165) is 0 Å². The molecule has 6 N–H and O–H groups in total. The van der Waals surface area contributed by atoms with Crippen LogP contribution in [0.1, 0.15) is 26.3 Å². The van der Waals surface area contributed by atoms with Crippen molar-refractivity contribution in [1.29, 1.82) is 0 Å². The summed E-state index contributed by atoms with van der Waals surface area (Å²) >= 11 is 0. The van der Waals surface area contributed by atoms with Gasteiger partial charge in [-0.25, -0.2) is 0 Å². The summed E-state index contributed by atoms with van der Waals surface area (Å²) < 4.78 is 5.58. The molecule has 2 aliphatic rings. The summed E-state index contributed by atoms with van der Waals surface area (Å²) in [5.41, 5.74) is 2.28. The van der Waals surface area contributed by atoms with Gasteiger partial charge in [0.2, 0.25) is 0 Å². The van der Waals surface area contributed by atoms with Crippen LogP contribution in [0, 0.1) is 0 Å². The van der Waals surface area contributed by atoms with Crippen molar-refractivity contribution in [2.75, 3.05) is 6.61 Å². The van der Waals surface area contributed by atoms with Gasteiger partial charge in [0.15, 0.2) is 0 Å². The number of aromatic amines is 1. The van der Waals surface area contributed by atoms with E-state index in [1.165, 1.54) is 12.1 Å². The lowest BCUT2D eigenvalue weighted by atomic mass is 9.94. The number of amides is 2. The minimum Gasteiger partial charge on any atom is -0.508 e. The molecular formula is C20H18N2O7. The molecule has 1 aromatic heterocycles. The Morgan fingerprint density at radius 1 is 1.03 bits per heavy atom. The van der Waals surface area contributed by atoms with Crippen molar-refractivity contribution in [2.45, 2.75) is 30.8 Å². The number of carbonyl (C=O) groups is 2. The SMILES string of the molecule is O=C1NC(=O)c2c1cc(CC1O[C@H](CO)[C@@H](O)[C@H]1O)c1[nH]c3ccc(O)cc3c21. The highest BCUT2D eigenvalue weighted by atomic mass is 16.6. The van der Waals surface area contributed by atoms with Crippen molar-refractivity contribution in [2.24, 2.45) is 0 Å². The Morgan fingerprint density at radius 2 is 1.79 bits per heavy atom. The summed E-state index contributed by atoms with van der Waals surface area (Å²) in [6, 6.07) is 6.26. The zero-order valence-electron chi connectivity index (χ0n) is 15.0. The third kappa shape index (κ3) is 2.56. The van der Waals surface area contributed by atoms with Crippen LogP contribution in [0.25, 0.3) is 21.8 Å². The number of rotatable bonds is 3. The maximum absolute atomic E-state index is 12.4. The van der Waals surface area contributed by atoms with Gasteiger partial charge in [0.1, 0.15) is 24.1 Å². The van der Waals surface area contributed by atoms with Crippen molar-refractivity contribution < 1.29 is 34.8 Å². The van der Waals surface area contributed by atoms with E-state index in [4.69, 9.17) is 4.74 Å². The van der Waals surface area contributed by atoms with Crippen LogP contribution in [0.15, 0.2) is 24.3 Å². The lowest BCUT2D eigenvalue weighted by Crippen LogP contribution is -2.34. The minimum atomic E-state index is -1.22. The first-order valence-corrected chi connectivity index (χ1v) is 9.17. The number of imide groups is 1. The van der Waals surface area contributed by atoms with Crippen molar-refractivity contribution in [3.05, 3.63) is 41.0 Å². The molecule has 2 aromatic carbocycles. The van der Waals surface area contributed by atoms with Gasteiger partial charge in [-0.3, -0.25) is 14.9 Å². The van der Waals surface area contributed by atoms with Crippen molar-refractivity contribution in [1.82, 2.24) is 10.3 Å². The van der Waals surface area contributed by atoms with E-state index in [1.807, 2.05) is 0 Å². The molecule has 2 amide bonds. The third-order valence-corrected chi connectivity index (χ3v) is 5.70. The second-order valence-corrected chi connectivity index (χ2v) is 7.43. The van der Waals surface area contributed by atoms with Crippen molar-refractivity contribution in [3.8, 4) is 5.75 Å². The molecule has 0 radical (unpaired) electrons. The molecule has 3 heterocycles. The van der Waals surface area contributed by atoms with Gasteiger partial charge < -0.3 is 30.1 Å². The number of benzene rings is 2. The summed E-state index contributed by atoms with van der Waals surface area (Å²) in [6.07, 6.45) is -4.00. The van der Waals surface area contributed by atoms with Crippen LogP contribution in [-0.4, -0.2) is 68.2 Å². The van der Waals surface area contributed by atoms with Crippen LogP contribution in [-0.2, 0) is 11.2 Å². The second-order valence-electron chi connectivity index (χ2n) is 7.43. The van der Waals surface area contributed by atoms with E-state index in [0.29, 0.717) is 27.4 Å². The molecule has 0 spiro atoms. The van der Waals surface area contributed by atoms with Gasteiger partial charge in [0, 0.05) is 22.7 Å². The summed E-state index contributed by atoms with van der Waals surface area (Å²) in [7, 11) is 0. The Kier molecular flexibility index (Phi) is 3.90. The second kappa shape index (κ2) is 6.26. The Hall–Kier alpha value is -2.98. The molecule has 0 aliphatic carbocycles. The van der Waals surface area contributed by atoms with Gasteiger partial charge >= 0.3 is 0 Å². The average Bonchev–Trinajstić information content (AvgIpc) is 3.29. The Morgan fingerprint density at radius 3 is 2.52 bits per heavy atom. The largest absolute Gasteiger partial charge is 0.508 e.